The quantitative estimate of drug-likeness (QED) is 0.511. The van der Waals surface area contributed by atoms with Crippen LogP contribution in [0.3, 0.4) is 0 Å². The first kappa shape index (κ1) is 14.1. The zero-order valence-electron chi connectivity index (χ0n) is 7.89. The van der Waals surface area contributed by atoms with Crippen molar-refractivity contribution in [3.63, 3.8) is 0 Å². The zero-order valence-corrected chi connectivity index (χ0v) is 10.7. The SMILES string of the molecule is CC(C)[C-]=CC=[C-]C(C)C.[Y]. The molecule has 0 nitrogen and oxygen atoms in total. The second kappa shape index (κ2) is 8.68. The van der Waals surface area contributed by atoms with Crippen molar-refractivity contribution in [2.45, 2.75) is 27.7 Å². The fourth-order valence-corrected chi connectivity index (χ4v) is 0.481. The number of rotatable bonds is 3. The average molecular weight is 225 g/mol. The van der Waals surface area contributed by atoms with Gasteiger partial charge in [-0.3, -0.25) is 0 Å². The van der Waals surface area contributed by atoms with Gasteiger partial charge in [-0.1, -0.05) is 27.7 Å². The van der Waals surface area contributed by atoms with Crippen molar-refractivity contribution < 1.29 is 32.7 Å². The normalized spacial score (nSPS) is 11.8. The number of allylic oxidation sites excluding steroid dienone is 4. The minimum Gasteiger partial charge on any atom is -0.390 e. The maximum atomic E-state index is 3.16. The van der Waals surface area contributed by atoms with E-state index in [9.17, 15) is 0 Å². The second-order valence-electron chi connectivity index (χ2n) is 2.98. The molecule has 0 aromatic heterocycles. The summed E-state index contributed by atoms with van der Waals surface area (Å²) >= 11 is 0. The van der Waals surface area contributed by atoms with Gasteiger partial charge < -0.3 is 24.3 Å². The molecule has 0 bridgehead atoms. The van der Waals surface area contributed by atoms with Crippen LogP contribution in [0.5, 0.6) is 0 Å². The summed E-state index contributed by atoms with van der Waals surface area (Å²) in [7, 11) is 0. The number of hydrogen-bond donors (Lipinski definition) is 0. The molecular formula is C10H16Y-2. The van der Waals surface area contributed by atoms with Gasteiger partial charge in [-0.2, -0.15) is 0 Å². The molecule has 0 N–H and O–H groups in total. The molecule has 0 amide bonds. The van der Waals surface area contributed by atoms with Crippen LogP contribution in [0.25, 0.3) is 0 Å². The monoisotopic (exact) mass is 225 g/mol. The van der Waals surface area contributed by atoms with Crippen LogP contribution in [0, 0.1) is 24.0 Å². The van der Waals surface area contributed by atoms with Crippen molar-refractivity contribution in [1.82, 2.24) is 0 Å². The van der Waals surface area contributed by atoms with Crippen LogP contribution in [0.4, 0.5) is 0 Å². The summed E-state index contributed by atoms with van der Waals surface area (Å²) in [6.07, 6.45) is 10.2. The fourth-order valence-electron chi connectivity index (χ4n) is 0.481. The molecular weight excluding hydrogens is 209 g/mol. The van der Waals surface area contributed by atoms with E-state index in [-0.39, 0.29) is 32.7 Å². The molecule has 1 heteroatoms. The van der Waals surface area contributed by atoms with E-state index in [1.165, 1.54) is 0 Å². The average Bonchev–Trinajstić information content (AvgIpc) is 1.79. The Hall–Kier alpha value is 0.584. The molecule has 0 heterocycles. The van der Waals surface area contributed by atoms with Crippen molar-refractivity contribution in [1.29, 1.82) is 0 Å². The summed E-state index contributed by atoms with van der Waals surface area (Å²) in [5.74, 6) is 1.04. The summed E-state index contributed by atoms with van der Waals surface area (Å²) in [5.41, 5.74) is 0. The third-order valence-corrected chi connectivity index (χ3v) is 0.942. The van der Waals surface area contributed by atoms with Crippen LogP contribution in [0.2, 0.25) is 0 Å². The van der Waals surface area contributed by atoms with Crippen LogP contribution in [-0.2, 0) is 32.7 Å². The van der Waals surface area contributed by atoms with Gasteiger partial charge in [0.2, 0.25) is 0 Å². The summed E-state index contributed by atoms with van der Waals surface area (Å²) < 4.78 is 0. The molecule has 0 atom stereocenters. The second-order valence-corrected chi connectivity index (χ2v) is 2.98. The van der Waals surface area contributed by atoms with Crippen molar-refractivity contribution in [3.05, 3.63) is 24.3 Å². The maximum Gasteiger partial charge on any atom is 0 e. The van der Waals surface area contributed by atoms with Gasteiger partial charge in [0, 0.05) is 32.7 Å². The van der Waals surface area contributed by atoms with Gasteiger partial charge in [0.05, 0.1) is 0 Å². The first-order chi connectivity index (χ1) is 4.63. The molecule has 0 fully saturated rings. The van der Waals surface area contributed by atoms with E-state index < -0.39 is 0 Å². The third kappa shape index (κ3) is 13.6. The predicted octanol–water partition coefficient (Wildman–Crippen LogP) is 3.01. The van der Waals surface area contributed by atoms with Gasteiger partial charge in [-0.05, 0) is 0 Å². The van der Waals surface area contributed by atoms with Crippen LogP contribution in [-0.4, -0.2) is 0 Å². The molecule has 0 aliphatic carbocycles. The molecule has 0 aliphatic rings. The fraction of sp³-hybridized carbons (Fsp3) is 0.600. The first-order valence-electron chi connectivity index (χ1n) is 3.80. The molecule has 0 spiro atoms. The molecule has 0 saturated heterocycles. The van der Waals surface area contributed by atoms with Crippen molar-refractivity contribution >= 4 is 0 Å². The molecule has 0 aromatic rings. The zero-order chi connectivity index (χ0) is 7.98. The van der Waals surface area contributed by atoms with Crippen molar-refractivity contribution in [2.24, 2.45) is 11.8 Å². The van der Waals surface area contributed by atoms with E-state index in [0.29, 0.717) is 11.8 Å². The van der Waals surface area contributed by atoms with Crippen LogP contribution in [0.1, 0.15) is 27.7 Å². The van der Waals surface area contributed by atoms with Gasteiger partial charge in [0.25, 0.3) is 0 Å². The Morgan fingerprint density at radius 3 is 1.27 bits per heavy atom. The van der Waals surface area contributed by atoms with E-state index in [2.05, 4.69) is 39.8 Å². The largest absolute Gasteiger partial charge is 0.390 e. The van der Waals surface area contributed by atoms with E-state index in [1.54, 1.807) is 0 Å². The molecule has 0 rings (SSSR count). The Labute approximate surface area is 96.0 Å². The Morgan fingerprint density at radius 2 is 1.09 bits per heavy atom. The molecule has 0 aromatic carbocycles. The van der Waals surface area contributed by atoms with Gasteiger partial charge in [-0.25, -0.2) is 0 Å². The molecule has 0 unspecified atom stereocenters. The minimum atomic E-state index is 0. The Balaban J connectivity index is 0. The smallest absolute Gasteiger partial charge is 0 e. The summed E-state index contributed by atoms with van der Waals surface area (Å²) in [5, 5.41) is 0. The molecule has 1 radical (unpaired) electrons. The van der Waals surface area contributed by atoms with Gasteiger partial charge in [0.15, 0.2) is 0 Å². The third-order valence-electron chi connectivity index (χ3n) is 0.942. The molecule has 61 valence electrons. The van der Waals surface area contributed by atoms with Gasteiger partial charge >= 0.3 is 0 Å². The first-order valence-corrected chi connectivity index (χ1v) is 3.80. The Bertz CT molecular complexity index is 105. The molecule has 0 saturated carbocycles. The Morgan fingerprint density at radius 1 is 0.818 bits per heavy atom. The van der Waals surface area contributed by atoms with Gasteiger partial charge in [-0.15, -0.1) is 11.8 Å². The predicted molar refractivity (Wildman–Crippen MR) is 45.3 cm³/mol. The van der Waals surface area contributed by atoms with Crippen molar-refractivity contribution in [3.8, 4) is 0 Å². The van der Waals surface area contributed by atoms with E-state index in [1.807, 2.05) is 12.2 Å². The minimum absolute atomic E-state index is 0. The summed E-state index contributed by atoms with van der Waals surface area (Å²) in [6.45, 7) is 8.44. The van der Waals surface area contributed by atoms with Gasteiger partial charge in [0.1, 0.15) is 0 Å². The standard InChI is InChI=1S/C10H16.Y/c1-9(2)7-5-6-8-10(3)4;/h5-6,9-10H,1-4H3;/q-2;. The van der Waals surface area contributed by atoms with Crippen LogP contribution in [0.15, 0.2) is 12.2 Å². The summed E-state index contributed by atoms with van der Waals surface area (Å²) in [6, 6.07) is 0. The van der Waals surface area contributed by atoms with Crippen molar-refractivity contribution in [2.75, 3.05) is 0 Å². The molecule has 11 heavy (non-hydrogen) atoms. The number of hydrogen-bond acceptors (Lipinski definition) is 0. The van der Waals surface area contributed by atoms with E-state index in [0.717, 1.165) is 0 Å². The van der Waals surface area contributed by atoms with Crippen LogP contribution >= 0.6 is 0 Å². The van der Waals surface area contributed by atoms with E-state index in [4.69, 9.17) is 0 Å². The molecule has 0 aliphatic heterocycles. The topological polar surface area (TPSA) is 0 Å². The maximum absolute atomic E-state index is 3.16. The van der Waals surface area contributed by atoms with E-state index >= 15 is 0 Å². The van der Waals surface area contributed by atoms with Crippen LogP contribution < -0.4 is 0 Å². The Kier molecular flexibility index (Phi) is 11.1. The summed E-state index contributed by atoms with van der Waals surface area (Å²) in [4.78, 5) is 0.